The maximum atomic E-state index is 8.95. The Morgan fingerprint density at radius 3 is 1.57 bits per heavy atom. The number of hydrogen-bond donors (Lipinski definition) is 2. The third-order valence-electron chi connectivity index (χ3n) is 4.05. The molecule has 0 heterocycles. The van der Waals surface area contributed by atoms with Crippen LogP contribution < -0.4 is 5.73 Å². The Morgan fingerprint density at radius 1 is 0.943 bits per heavy atom. The van der Waals surface area contributed by atoms with E-state index in [2.05, 4.69) is 90.9 Å². The third-order valence-corrected chi connectivity index (χ3v) is 4.05. The predicted molar refractivity (Wildman–Crippen MR) is 166 cm³/mol. The Balaban J connectivity index is -0.000000113. The quantitative estimate of drug-likeness (QED) is 0.180. The Morgan fingerprint density at radius 2 is 1.34 bits per heavy atom. The molecule has 0 unspecified atom stereocenters. The van der Waals surface area contributed by atoms with Crippen molar-refractivity contribution in [2.24, 2.45) is 16.6 Å². The lowest BCUT2D eigenvalue weighted by Gasteiger charge is -2.04. The van der Waals surface area contributed by atoms with E-state index in [-0.39, 0.29) is 5.76 Å². The van der Waals surface area contributed by atoms with E-state index in [9.17, 15) is 0 Å². The van der Waals surface area contributed by atoms with Gasteiger partial charge in [-0.2, -0.15) is 0 Å². The van der Waals surface area contributed by atoms with Gasteiger partial charge in [-0.1, -0.05) is 111 Å². The summed E-state index contributed by atoms with van der Waals surface area (Å²) in [5.41, 5.74) is 11.4. The van der Waals surface area contributed by atoms with E-state index in [0.29, 0.717) is 17.0 Å². The number of nitrogens with zero attached hydrogens (tertiary/aromatic N) is 1. The molecule has 35 heavy (non-hydrogen) atoms. The molecule has 0 aliphatic rings. The standard InChI is InChI=1S/C9H12.C8H14N2O.C7H14.C4H10.2C2H6/c1-3-9-6-4-8(2)5-7-9;1-5(7(3)11)8(9)6(2)10-4;1-4-5-6-7(2)3;1-4(2)3;2*1-2/h4-7H,3H2,1-2H3;11H,3,9H2,1-2,4H3;2,4-6H2,1,3H3;4H,1-3H3;2*1-2H3/b;8-5+,10-6?;;;;. The van der Waals surface area contributed by atoms with E-state index in [1.807, 2.05) is 27.7 Å². The molecule has 3 nitrogen and oxygen atoms in total. The highest BCUT2D eigenvalue weighted by Crippen LogP contribution is 2.07. The summed E-state index contributed by atoms with van der Waals surface area (Å²) in [6.45, 7) is 33.7. The molecule has 0 saturated carbocycles. The van der Waals surface area contributed by atoms with Crippen LogP contribution in [0.25, 0.3) is 0 Å². The molecule has 0 saturated heterocycles. The van der Waals surface area contributed by atoms with Gasteiger partial charge in [0.15, 0.2) is 0 Å². The van der Waals surface area contributed by atoms with Crippen LogP contribution >= 0.6 is 0 Å². The van der Waals surface area contributed by atoms with Crippen molar-refractivity contribution in [2.75, 3.05) is 7.05 Å². The monoisotopic (exact) mass is 490 g/mol. The lowest BCUT2D eigenvalue weighted by molar-refractivity contribution is 0.425. The van der Waals surface area contributed by atoms with Gasteiger partial charge in [-0.05, 0) is 58.4 Å². The zero-order chi connectivity index (χ0) is 29.0. The van der Waals surface area contributed by atoms with Crippen molar-refractivity contribution in [3.05, 3.63) is 71.2 Å². The number of aliphatic hydroxyl groups is 1. The fraction of sp³-hybridized carbons (Fsp3) is 0.594. The van der Waals surface area contributed by atoms with Crippen LogP contribution in [0.2, 0.25) is 0 Å². The first-order chi connectivity index (χ1) is 16.3. The van der Waals surface area contributed by atoms with E-state index < -0.39 is 0 Å². The van der Waals surface area contributed by atoms with Crippen molar-refractivity contribution in [3.8, 4) is 0 Å². The minimum Gasteiger partial charge on any atom is -0.508 e. The molecule has 0 bridgehead atoms. The fourth-order valence-electron chi connectivity index (χ4n) is 1.85. The van der Waals surface area contributed by atoms with Crippen molar-refractivity contribution < 1.29 is 5.11 Å². The van der Waals surface area contributed by atoms with Gasteiger partial charge in [0.2, 0.25) is 0 Å². The first kappa shape index (κ1) is 42.8. The van der Waals surface area contributed by atoms with Gasteiger partial charge in [-0.25, -0.2) is 0 Å². The summed E-state index contributed by atoms with van der Waals surface area (Å²) in [4.78, 5) is 3.87. The molecular formula is C32H62N2O. The van der Waals surface area contributed by atoms with Gasteiger partial charge in [0.25, 0.3) is 0 Å². The maximum Gasteiger partial charge on any atom is 0.113 e. The van der Waals surface area contributed by atoms with Gasteiger partial charge >= 0.3 is 0 Å². The number of allylic oxidation sites excluding steroid dienone is 3. The zero-order valence-electron chi connectivity index (χ0n) is 26.1. The Hall–Kier alpha value is -2.29. The SMILES string of the molecule is C=C(C)CCCC.C=C(O)/C(C)=C(/N)C(C)=NC.CC.CC.CC(C)C.CCc1ccc(C)cc1. The smallest absolute Gasteiger partial charge is 0.113 e. The van der Waals surface area contributed by atoms with Crippen LogP contribution in [0, 0.1) is 12.8 Å². The molecule has 0 fully saturated rings. The molecule has 1 rings (SSSR count). The minimum absolute atomic E-state index is 0.00880. The van der Waals surface area contributed by atoms with E-state index in [1.54, 1.807) is 20.9 Å². The van der Waals surface area contributed by atoms with Gasteiger partial charge in [0, 0.05) is 12.6 Å². The number of aliphatic hydroxyl groups excluding tert-OH is 1. The highest BCUT2D eigenvalue weighted by Gasteiger charge is 2.02. The van der Waals surface area contributed by atoms with Gasteiger partial charge in [-0.3, -0.25) is 4.99 Å². The summed E-state index contributed by atoms with van der Waals surface area (Å²) in [6.07, 6.45) is 4.93. The molecule has 1 aromatic rings. The van der Waals surface area contributed by atoms with Crippen LogP contribution in [-0.4, -0.2) is 17.9 Å². The molecule has 0 spiro atoms. The Kier molecular flexibility index (Phi) is 38.8. The first-order valence-electron chi connectivity index (χ1n) is 13.3. The Labute approximate surface area is 221 Å². The predicted octanol–water partition coefficient (Wildman–Crippen LogP) is 10.4. The lowest BCUT2D eigenvalue weighted by atomic mass is 10.1. The van der Waals surface area contributed by atoms with Crippen LogP contribution in [0.5, 0.6) is 0 Å². The second kappa shape index (κ2) is 31.7. The van der Waals surface area contributed by atoms with Crippen LogP contribution in [0.15, 0.2) is 65.0 Å². The van der Waals surface area contributed by atoms with E-state index in [4.69, 9.17) is 10.8 Å². The van der Waals surface area contributed by atoms with Crippen molar-refractivity contribution in [1.82, 2.24) is 0 Å². The van der Waals surface area contributed by atoms with Gasteiger partial charge in [0.1, 0.15) is 5.76 Å². The second-order valence-corrected chi connectivity index (χ2v) is 8.43. The topological polar surface area (TPSA) is 58.6 Å². The summed E-state index contributed by atoms with van der Waals surface area (Å²) in [5, 5.41) is 8.95. The highest BCUT2D eigenvalue weighted by molar-refractivity contribution is 5.98. The molecule has 206 valence electrons. The number of nitrogens with two attached hydrogens (primary N) is 1. The molecule has 0 aliphatic carbocycles. The van der Waals surface area contributed by atoms with Crippen molar-refractivity contribution in [1.29, 1.82) is 0 Å². The summed E-state index contributed by atoms with van der Waals surface area (Å²) in [5.74, 6) is 0.825. The number of benzene rings is 1. The number of aryl methyl sites for hydroxylation is 2. The lowest BCUT2D eigenvalue weighted by Crippen LogP contribution is -2.11. The van der Waals surface area contributed by atoms with Crippen LogP contribution in [0.1, 0.15) is 113 Å². The molecule has 0 aromatic heterocycles. The molecule has 0 radical (unpaired) electrons. The third kappa shape index (κ3) is 36.5. The summed E-state index contributed by atoms with van der Waals surface area (Å²) >= 11 is 0. The van der Waals surface area contributed by atoms with Crippen molar-refractivity contribution in [2.45, 2.75) is 116 Å². The molecular weight excluding hydrogens is 428 g/mol. The number of rotatable bonds is 6. The first-order valence-corrected chi connectivity index (χ1v) is 13.3. The Bertz CT molecular complexity index is 663. The van der Waals surface area contributed by atoms with E-state index in [0.717, 1.165) is 12.3 Å². The highest BCUT2D eigenvalue weighted by atomic mass is 16.3. The van der Waals surface area contributed by atoms with Crippen molar-refractivity contribution >= 4 is 5.71 Å². The molecule has 0 amide bonds. The minimum atomic E-state index is -0.00880. The normalized spacial score (nSPS) is 10.1. The average Bonchev–Trinajstić information content (AvgIpc) is 2.84. The maximum absolute atomic E-state index is 8.95. The second-order valence-electron chi connectivity index (χ2n) is 8.43. The van der Waals surface area contributed by atoms with E-state index >= 15 is 0 Å². The van der Waals surface area contributed by atoms with Gasteiger partial charge in [0.05, 0.1) is 11.4 Å². The number of aliphatic imine (C=N–C) groups is 1. The molecule has 1 aromatic carbocycles. The van der Waals surface area contributed by atoms with Gasteiger partial charge < -0.3 is 10.8 Å². The molecule has 3 heteroatoms. The average molecular weight is 491 g/mol. The molecule has 0 atom stereocenters. The molecule has 0 aliphatic heterocycles. The summed E-state index contributed by atoms with van der Waals surface area (Å²) in [6, 6.07) is 8.66. The van der Waals surface area contributed by atoms with Crippen molar-refractivity contribution in [3.63, 3.8) is 0 Å². The van der Waals surface area contributed by atoms with Gasteiger partial charge in [-0.15, -0.1) is 6.58 Å². The summed E-state index contributed by atoms with van der Waals surface area (Å²) in [7, 11) is 1.65. The van der Waals surface area contributed by atoms with Crippen LogP contribution in [-0.2, 0) is 6.42 Å². The number of hydrogen-bond acceptors (Lipinski definition) is 3. The van der Waals surface area contributed by atoms with E-state index in [1.165, 1.54) is 36.0 Å². The molecule has 3 N–H and O–H groups in total. The largest absolute Gasteiger partial charge is 0.508 e. The van der Waals surface area contributed by atoms with Crippen LogP contribution in [0.4, 0.5) is 0 Å². The fourth-order valence-corrected chi connectivity index (χ4v) is 1.85. The zero-order valence-corrected chi connectivity index (χ0v) is 26.1. The van der Waals surface area contributed by atoms with Crippen LogP contribution in [0.3, 0.4) is 0 Å². The number of unbranched alkanes of at least 4 members (excludes halogenated alkanes) is 1. The summed E-state index contributed by atoms with van der Waals surface area (Å²) < 4.78 is 0.